The van der Waals surface area contributed by atoms with Crippen LogP contribution in [0.3, 0.4) is 0 Å². The second kappa shape index (κ2) is 5.02. The van der Waals surface area contributed by atoms with Gasteiger partial charge >= 0.3 is 99.2 Å². The molecule has 0 N–H and O–H groups in total. The second-order valence-corrected chi connectivity index (χ2v) is 5.99. The van der Waals surface area contributed by atoms with Gasteiger partial charge in [-0.1, -0.05) is 0 Å². The molecule has 1 aromatic carbocycles. The van der Waals surface area contributed by atoms with Crippen molar-refractivity contribution < 1.29 is 12.4 Å². The van der Waals surface area contributed by atoms with Crippen molar-refractivity contribution >= 4 is 18.6 Å². The van der Waals surface area contributed by atoms with E-state index in [0.717, 1.165) is 15.6 Å². The summed E-state index contributed by atoms with van der Waals surface area (Å²) in [5, 5.41) is 0. The molecule has 0 spiro atoms. The molecule has 1 heterocycles. The summed E-state index contributed by atoms with van der Waals surface area (Å²) in [6.45, 7) is 6.51. The molecule has 0 aromatic heterocycles. The Bertz CT molecular complexity index is 428. The Morgan fingerprint density at radius 3 is 3.25 bits per heavy atom. The minimum atomic E-state index is -2.28. The average Bonchev–Trinajstić information content (AvgIpc) is 2.69. The van der Waals surface area contributed by atoms with Gasteiger partial charge in [0.15, 0.2) is 0 Å². The van der Waals surface area contributed by atoms with E-state index in [9.17, 15) is 3.83 Å². The van der Waals surface area contributed by atoms with Crippen molar-refractivity contribution in [3.05, 3.63) is 42.0 Å². The number of ether oxygens (including phenoxy) is 1. The van der Waals surface area contributed by atoms with Crippen LogP contribution in [0.1, 0.15) is 18.1 Å². The summed E-state index contributed by atoms with van der Waals surface area (Å²) in [6.07, 6.45) is 1.74. The topological polar surface area (TPSA) is 35.5 Å². The quantitative estimate of drug-likeness (QED) is 0.620. The Balaban J connectivity index is 2.19. The van der Waals surface area contributed by atoms with E-state index in [-0.39, 0.29) is 6.10 Å². The zero-order valence-electron chi connectivity index (χ0n) is 9.14. The molecule has 2 unspecified atom stereocenters. The van der Waals surface area contributed by atoms with Gasteiger partial charge in [-0.2, -0.15) is 0 Å². The van der Waals surface area contributed by atoms with Crippen LogP contribution in [-0.2, 0) is 25.6 Å². The fourth-order valence-corrected chi connectivity index (χ4v) is 3.71. The average molecular weight is 285 g/mol. The summed E-state index contributed by atoms with van der Waals surface area (Å²) < 4.78 is 23.3. The third-order valence-corrected chi connectivity index (χ3v) is 5.00. The van der Waals surface area contributed by atoms with Gasteiger partial charge < -0.3 is 0 Å². The summed E-state index contributed by atoms with van der Waals surface area (Å²) in [5.41, 5.74) is 2.01. The molecule has 86 valence electrons. The van der Waals surface area contributed by atoms with Crippen LogP contribution in [0.4, 0.5) is 0 Å². The van der Waals surface area contributed by atoms with Gasteiger partial charge in [0, 0.05) is 0 Å². The van der Waals surface area contributed by atoms with Crippen LogP contribution in [0.5, 0.6) is 0 Å². The Kier molecular flexibility index (Phi) is 3.66. The molecule has 4 heteroatoms. The van der Waals surface area contributed by atoms with E-state index in [1.807, 2.05) is 25.1 Å². The van der Waals surface area contributed by atoms with Crippen LogP contribution < -0.4 is 4.46 Å². The molecule has 0 amide bonds. The van der Waals surface area contributed by atoms with Gasteiger partial charge in [-0.3, -0.25) is 0 Å². The van der Waals surface area contributed by atoms with E-state index in [4.69, 9.17) is 8.56 Å². The number of benzene rings is 1. The molecule has 0 saturated carbocycles. The maximum absolute atomic E-state index is 11.7. The second-order valence-electron chi connectivity index (χ2n) is 3.65. The molecule has 2 atom stereocenters. The SMILES string of the molecule is C=CC(C)OCc1cccc2c1[Se](=O)OC2. The van der Waals surface area contributed by atoms with Crippen LogP contribution >= 0.6 is 0 Å². The standard InChI is InChI=1S/C12H14O3Se/c1-3-9(2)14-7-10-5-4-6-11-8-15-16(13)12(10)11/h3-6,9H,1,7-8H2,2H3. The molecule has 1 aliphatic heterocycles. The normalized spacial score (nSPS) is 20.4. The molecule has 0 bridgehead atoms. The van der Waals surface area contributed by atoms with E-state index in [1.54, 1.807) is 6.08 Å². The van der Waals surface area contributed by atoms with Gasteiger partial charge in [0.1, 0.15) is 0 Å². The molecule has 2 rings (SSSR count). The van der Waals surface area contributed by atoms with Gasteiger partial charge in [0.05, 0.1) is 0 Å². The first-order chi connectivity index (χ1) is 7.72. The Hall–Kier alpha value is -0.801. The fraction of sp³-hybridized carbons (Fsp3) is 0.333. The van der Waals surface area contributed by atoms with Gasteiger partial charge in [0.2, 0.25) is 0 Å². The Morgan fingerprint density at radius 1 is 1.69 bits per heavy atom. The van der Waals surface area contributed by atoms with Gasteiger partial charge in [-0.25, -0.2) is 0 Å². The van der Waals surface area contributed by atoms with Gasteiger partial charge in [-0.05, 0) is 0 Å². The molecular formula is C12H14O3Se. The van der Waals surface area contributed by atoms with Crippen molar-refractivity contribution in [3.63, 3.8) is 0 Å². The first-order valence-electron chi connectivity index (χ1n) is 5.12. The van der Waals surface area contributed by atoms with Gasteiger partial charge in [-0.15, -0.1) is 0 Å². The molecule has 3 nitrogen and oxygen atoms in total. The summed E-state index contributed by atoms with van der Waals surface area (Å²) in [4.78, 5) is 0. The van der Waals surface area contributed by atoms with E-state index in [1.165, 1.54) is 0 Å². The van der Waals surface area contributed by atoms with Crippen LogP contribution in [0.2, 0.25) is 0 Å². The van der Waals surface area contributed by atoms with Crippen molar-refractivity contribution in [2.24, 2.45) is 0 Å². The third-order valence-electron chi connectivity index (χ3n) is 2.50. The molecule has 16 heavy (non-hydrogen) atoms. The van der Waals surface area contributed by atoms with Crippen LogP contribution in [0.15, 0.2) is 30.9 Å². The fourth-order valence-electron chi connectivity index (χ4n) is 1.54. The molecule has 1 aliphatic rings. The van der Waals surface area contributed by atoms with Crippen molar-refractivity contribution in [2.45, 2.75) is 26.2 Å². The maximum atomic E-state index is 11.7. The predicted octanol–water partition coefficient (Wildman–Crippen LogP) is 1.43. The number of fused-ring (bicyclic) bond motifs is 1. The zero-order valence-corrected chi connectivity index (χ0v) is 10.9. The van der Waals surface area contributed by atoms with Crippen molar-refractivity contribution in [1.29, 1.82) is 0 Å². The summed E-state index contributed by atoms with van der Waals surface area (Å²) in [7, 11) is 0. The monoisotopic (exact) mass is 286 g/mol. The molecule has 0 saturated heterocycles. The predicted molar refractivity (Wildman–Crippen MR) is 61.8 cm³/mol. The Morgan fingerprint density at radius 2 is 2.50 bits per heavy atom. The number of rotatable bonds is 4. The van der Waals surface area contributed by atoms with Crippen LogP contribution in [0.25, 0.3) is 0 Å². The number of hydrogen-bond acceptors (Lipinski definition) is 3. The third kappa shape index (κ3) is 2.30. The van der Waals surface area contributed by atoms with Crippen molar-refractivity contribution in [1.82, 2.24) is 0 Å². The van der Waals surface area contributed by atoms with E-state index < -0.39 is 14.2 Å². The molecule has 0 fully saturated rings. The van der Waals surface area contributed by atoms with E-state index in [2.05, 4.69) is 6.58 Å². The molecule has 0 aliphatic carbocycles. The van der Waals surface area contributed by atoms with Gasteiger partial charge in [0.25, 0.3) is 0 Å². The van der Waals surface area contributed by atoms with Crippen molar-refractivity contribution in [3.8, 4) is 0 Å². The molecule has 0 radical (unpaired) electrons. The number of hydrogen-bond donors (Lipinski definition) is 0. The minimum absolute atomic E-state index is 0.00304. The van der Waals surface area contributed by atoms with Crippen LogP contribution in [-0.4, -0.2) is 20.3 Å². The molecule has 1 aromatic rings. The summed E-state index contributed by atoms with van der Waals surface area (Å²) in [5.74, 6) is 0. The summed E-state index contributed by atoms with van der Waals surface area (Å²) in [6, 6.07) is 5.85. The summed E-state index contributed by atoms with van der Waals surface area (Å²) >= 11 is -2.28. The van der Waals surface area contributed by atoms with Crippen molar-refractivity contribution in [2.75, 3.05) is 0 Å². The molecular weight excluding hydrogens is 271 g/mol. The zero-order chi connectivity index (χ0) is 11.5. The Labute approximate surface area is 99.5 Å². The van der Waals surface area contributed by atoms with E-state index in [0.29, 0.717) is 13.2 Å². The van der Waals surface area contributed by atoms with E-state index >= 15 is 0 Å². The first kappa shape index (κ1) is 11.7. The first-order valence-corrected chi connectivity index (χ1v) is 7.38. The van der Waals surface area contributed by atoms with Crippen LogP contribution in [0, 0.1) is 0 Å².